The lowest BCUT2D eigenvalue weighted by molar-refractivity contribution is 0.181. The van der Waals surface area contributed by atoms with Crippen LogP contribution < -0.4 is 10.2 Å². The molecule has 1 aliphatic rings. The fraction of sp³-hybridized carbons (Fsp3) is 0.786. The molecule has 1 fully saturated rings. The number of nitrogens with zero attached hydrogens (tertiary/aromatic N) is 3. The predicted octanol–water partition coefficient (Wildman–Crippen LogP) is 1.54. The summed E-state index contributed by atoms with van der Waals surface area (Å²) in [7, 11) is 3.92. The molecule has 1 N–H and O–H groups in total. The molecule has 0 radical (unpaired) electrons. The fourth-order valence-corrected chi connectivity index (χ4v) is 3.42. The highest BCUT2D eigenvalue weighted by Gasteiger charge is 2.24. The number of ether oxygens (including phenoxy) is 1. The summed E-state index contributed by atoms with van der Waals surface area (Å²) in [6.45, 7) is 10.1. The molecule has 1 saturated heterocycles. The lowest BCUT2D eigenvalue weighted by Gasteiger charge is -2.37. The Bertz CT molecular complexity index is 423. The fourth-order valence-electron chi connectivity index (χ4n) is 2.35. The highest BCUT2D eigenvalue weighted by molar-refractivity contribution is 7.15. The zero-order valence-electron chi connectivity index (χ0n) is 13.0. The molecule has 6 heteroatoms. The Balaban J connectivity index is 2.11. The van der Waals surface area contributed by atoms with Crippen LogP contribution in [0.1, 0.15) is 24.4 Å². The minimum absolute atomic E-state index is 0.579. The van der Waals surface area contributed by atoms with Gasteiger partial charge in [0, 0.05) is 44.2 Å². The topological polar surface area (TPSA) is 40.6 Å². The summed E-state index contributed by atoms with van der Waals surface area (Å²) in [6.07, 6.45) is 0. The molecule has 2 heterocycles. The van der Waals surface area contributed by atoms with Crippen molar-refractivity contribution in [2.75, 3.05) is 45.2 Å². The van der Waals surface area contributed by atoms with Gasteiger partial charge in [-0.3, -0.25) is 0 Å². The third kappa shape index (κ3) is 3.69. The largest absolute Gasteiger partial charge is 0.378 e. The van der Waals surface area contributed by atoms with Gasteiger partial charge in [0.15, 0.2) is 5.13 Å². The summed E-state index contributed by atoms with van der Waals surface area (Å²) in [4.78, 5) is 10.9. The normalized spacial score (nSPS) is 20.6. The Labute approximate surface area is 125 Å². The van der Waals surface area contributed by atoms with Crippen LogP contribution in [0.2, 0.25) is 0 Å². The number of rotatable bonds is 6. The summed E-state index contributed by atoms with van der Waals surface area (Å²) < 4.78 is 5.28. The Hall–Kier alpha value is -0.690. The molecule has 20 heavy (non-hydrogen) atoms. The van der Waals surface area contributed by atoms with Crippen LogP contribution in [0.15, 0.2) is 0 Å². The molecule has 0 bridgehead atoms. The second kappa shape index (κ2) is 7.36. The first-order valence-electron chi connectivity index (χ1n) is 7.29. The second-order valence-electron chi connectivity index (χ2n) is 5.36. The Morgan fingerprint density at radius 1 is 1.45 bits per heavy atom. The smallest absolute Gasteiger partial charge is 0.186 e. The summed E-state index contributed by atoms with van der Waals surface area (Å²) in [5.74, 6) is 0. The van der Waals surface area contributed by atoms with Gasteiger partial charge in [-0.25, -0.2) is 4.98 Å². The van der Waals surface area contributed by atoms with Crippen molar-refractivity contribution in [1.29, 1.82) is 0 Å². The van der Waals surface area contributed by atoms with Gasteiger partial charge in [0.1, 0.15) is 0 Å². The van der Waals surface area contributed by atoms with Gasteiger partial charge >= 0.3 is 0 Å². The molecule has 0 aromatic carbocycles. The molecular formula is C14H26N4OS. The number of likely N-dealkylation sites (N-methyl/N-ethyl adjacent to an activating group) is 1. The third-order valence-corrected chi connectivity index (χ3v) is 4.97. The van der Waals surface area contributed by atoms with Crippen molar-refractivity contribution in [3.63, 3.8) is 0 Å². The molecular weight excluding hydrogens is 272 g/mol. The van der Waals surface area contributed by atoms with Crippen LogP contribution in [0.25, 0.3) is 0 Å². The third-order valence-electron chi connectivity index (χ3n) is 3.81. The van der Waals surface area contributed by atoms with Crippen LogP contribution in [0.3, 0.4) is 0 Å². The number of hydrogen-bond donors (Lipinski definition) is 1. The Kier molecular flexibility index (Phi) is 5.77. The molecule has 1 aromatic heterocycles. The van der Waals surface area contributed by atoms with E-state index in [9.17, 15) is 0 Å². The molecule has 0 aliphatic carbocycles. The standard InChI is InChI=1S/C14H26N4OS/c1-5-15-8-13-12(10-19-4)16-14(20-13)18-7-6-17(3)11(2)9-18/h11,15H,5-10H2,1-4H3. The van der Waals surface area contributed by atoms with E-state index in [0.29, 0.717) is 12.6 Å². The van der Waals surface area contributed by atoms with Crippen molar-refractivity contribution >= 4 is 16.5 Å². The molecule has 2 rings (SSSR count). The number of methoxy groups -OCH3 is 1. The molecule has 0 amide bonds. The van der Waals surface area contributed by atoms with E-state index in [1.807, 2.05) is 0 Å². The second-order valence-corrected chi connectivity index (χ2v) is 6.42. The number of aromatic nitrogens is 1. The Morgan fingerprint density at radius 3 is 2.90 bits per heavy atom. The van der Waals surface area contributed by atoms with E-state index >= 15 is 0 Å². The van der Waals surface area contributed by atoms with Crippen LogP contribution in [-0.4, -0.2) is 56.3 Å². The summed E-state index contributed by atoms with van der Waals surface area (Å²) in [5.41, 5.74) is 1.08. The first-order chi connectivity index (χ1) is 9.65. The van der Waals surface area contributed by atoms with Gasteiger partial charge in [0.25, 0.3) is 0 Å². The lowest BCUT2D eigenvalue weighted by Crippen LogP contribution is -2.50. The van der Waals surface area contributed by atoms with E-state index in [4.69, 9.17) is 9.72 Å². The number of hydrogen-bond acceptors (Lipinski definition) is 6. The summed E-state index contributed by atoms with van der Waals surface area (Å²) in [6, 6.07) is 0.579. The molecule has 1 unspecified atom stereocenters. The van der Waals surface area contributed by atoms with Gasteiger partial charge in [-0.1, -0.05) is 6.92 Å². The monoisotopic (exact) mass is 298 g/mol. The lowest BCUT2D eigenvalue weighted by atomic mass is 10.2. The number of thiazole rings is 1. The highest BCUT2D eigenvalue weighted by Crippen LogP contribution is 2.28. The van der Waals surface area contributed by atoms with Gasteiger partial charge in [-0.2, -0.15) is 0 Å². The van der Waals surface area contributed by atoms with Gasteiger partial charge in [0.2, 0.25) is 0 Å². The first-order valence-corrected chi connectivity index (χ1v) is 8.10. The molecule has 1 atom stereocenters. The van der Waals surface area contributed by atoms with Crippen molar-refractivity contribution in [3.05, 3.63) is 10.6 Å². The minimum Gasteiger partial charge on any atom is -0.378 e. The molecule has 1 aliphatic heterocycles. The van der Waals surface area contributed by atoms with E-state index in [1.165, 1.54) is 4.88 Å². The molecule has 5 nitrogen and oxygen atoms in total. The van der Waals surface area contributed by atoms with Gasteiger partial charge in [-0.15, -0.1) is 11.3 Å². The van der Waals surface area contributed by atoms with E-state index in [1.54, 1.807) is 18.4 Å². The SMILES string of the molecule is CCNCc1sc(N2CCN(C)C(C)C2)nc1COC. The van der Waals surface area contributed by atoms with Crippen LogP contribution in [0.5, 0.6) is 0 Å². The van der Waals surface area contributed by atoms with E-state index in [0.717, 1.165) is 43.5 Å². The molecule has 114 valence electrons. The average Bonchev–Trinajstić information content (AvgIpc) is 2.83. The average molecular weight is 298 g/mol. The van der Waals surface area contributed by atoms with E-state index in [-0.39, 0.29) is 0 Å². The predicted molar refractivity (Wildman–Crippen MR) is 84.5 cm³/mol. The quantitative estimate of drug-likeness (QED) is 0.863. The van der Waals surface area contributed by atoms with E-state index in [2.05, 4.69) is 36.0 Å². The van der Waals surface area contributed by atoms with Crippen molar-refractivity contribution < 1.29 is 4.74 Å². The van der Waals surface area contributed by atoms with Crippen molar-refractivity contribution in [3.8, 4) is 0 Å². The van der Waals surface area contributed by atoms with Gasteiger partial charge < -0.3 is 19.9 Å². The Morgan fingerprint density at radius 2 is 2.25 bits per heavy atom. The first kappa shape index (κ1) is 15.7. The maximum atomic E-state index is 5.28. The highest BCUT2D eigenvalue weighted by atomic mass is 32.1. The zero-order chi connectivity index (χ0) is 14.5. The maximum absolute atomic E-state index is 5.28. The van der Waals surface area contributed by atoms with Gasteiger partial charge in [0.05, 0.1) is 12.3 Å². The van der Waals surface area contributed by atoms with Crippen LogP contribution in [0.4, 0.5) is 5.13 Å². The molecule has 1 aromatic rings. The van der Waals surface area contributed by atoms with Gasteiger partial charge in [-0.05, 0) is 20.5 Å². The van der Waals surface area contributed by atoms with Crippen LogP contribution in [0, 0.1) is 0 Å². The van der Waals surface area contributed by atoms with Crippen molar-refractivity contribution in [1.82, 2.24) is 15.2 Å². The molecule has 0 spiro atoms. The van der Waals surface area contributed by atoms with E-state index < -0.39 is 0 Å². The van der Waals surface area contributed by atoms with Crippen LogP contribution >= 0.6 is 11.3 Å². The number of piperazine rings is 1. The maximum Gasteiger partial charge on any atom is 0.186 e. The summed E-state index contributed by atoms with van der Waals surface area (Å²) >= 11 is 1.80. The van der Waals surface area contributed by atoms with Crippen LogP contribution in [-0.2, 0) is 17.9 Å². The molecule has 0 saturated carbocycles. The van der Waals surface area contributed by atoms with Crippen molar-refractivity contribution in [2.24, 2.45) is 0 Å². The zero-order valence-corrected chi connectivity index (χ0v) is 13.8. The number of anilines is 1. The number of nitrogens with one attached hydrogen (secondary N) is 1. The summed E-state index contributed by atoms with van der Waals surface area (Å²) in [5, 5.41) is 4.53. The minimum atomic E-state index is 0.579. The van der Waals surface area contributed by atoms with Crippen molar-refractivity contribution in [2.45, 2.75) is 33.0 Å².